The number of nitrogens with zero attached hydrogens (tertiary/aromatic N) is 3. The monoisotopic (exact) mass is 322 g/mol. The summed E-state index contributed by atoms with van der Waals surface area (Å²) in [5.74, 6) is 1.30. The average molecular weight is 322 g/mol. The predicted molar refractivity (Wildman–Crippen MR) is 79.5 cm³/mol. The molecule has 118 valence electrons. The largest absolute Gasteiger partial charge is 0.334 e. The minimum Gasteiger partial charge on any atom is -0.334 e. The van der Waals surface area contributed by atoms with Gasteiger partial charge in [-0.3, -0.25) is 4.98 Å². The standard InChI is InChI=1S/C14H18N4O3S/c1-9-12(7-11(8-16-9)22(15,19)20)14-17-13(18-21-14)10-5-3-2-4-6-10/h7-8,10H,2-6H2,1H3,(H2,15,19,20). The van der Waals surface area contributed by atoms with E-state index in [1.165, 1.54) is 31.5 Å². The van der Waals surface area contributed by atoms with Crippen molar-refractivity contribution < 1.29 is 12.9 Å². The third kappa shape index (κ3) is 3.02. The Hall–Kier alpha value is -1.80. The molecular weight excluding hydrogens is 304 g/mol. The first-order valence-electron chi connectivity index (χ1n) is 7.28. The molecule has 7 nitrogen and oxygen atoms in total. The summed E-state index contributed by atoms with van der Waals surface area (Å²) in [6, 6.07) is 1.43. The highest BCUT2D eigenvalue weighted by atomic mass is 32.2. The molecule has 1 aliphatic rings. The number of aryl methyl sites for hydroxylation is 1. The number of hydrogen-bond acceptors (Lipinski definition) is 6. The fourth-order valence-electron chi connectivity index (χ4n) is 2.76. The Bertz CT molecular complexity index is 779. The van der Waals surface area contributed by atoms with Crippen LogP contribution in [0.15, 0.2) is 21.7 Å². The van der Waals surface area contributed by atoms with Gasteiger partial charge in [0.25, 0.3) is 5.89 Å². The first-order chi connectivity index (χ1) is 10.4. The first-order valence-corrected chi connectivity index (χ1v) is 8.83. The van der Waals surface area contributed by atoms with Crippen LogP contribution in [0, 0.1) is 6.92 Å². The molecule has 0 amide bonds. The van der Waals surface area contributed by atoms with Gasteiger partial charge in [0.1, 0.15) is 4.90 Å². The number of hydrogen-bond donors (Lipinski definition) is 1. The van der Waals surface area contributed by atoms with E-state index in [-0.39, 0.29) is 10.8 Å². The second-order valence-corrected chi connectivity index (χ2v) is 7.20. The number of aromatic nitrogens is 3. The molecule has 0 atom stereocenters. The fourth-order valence-corrected chi connectivity index (χ4v) is 3.24. The third-order valence-electron chi connectivity index (χ3n) is 4.03. The van der Waals surface area contributed by atoms with Gasteiger partial charge in [0.15, 0.2) is 5.82 Å². The number of rotatable bonds is 3. The molecule has 0 aliphatic heterocycles. The molecule has 3 rings (SSSR count). The Morgan fingerprint density at radius 1 is 1.27 bits per heavy atom. The van der Waals surface area contributed by atoms with E-state index in [1.807, 2.05) is 0 Å². The van der Waals surface area contributed by atoms with Gasteiger partial charge in [-0.15, -0.1) is 0 Å². The summed E-state index contributed by atoms with van der Waals surface area (Å²) in [6.07, 6.45) is 6.96. The maximum atomic E-state index is 11.5. The van der Waals surface area contributed by atoms with Crippen LogP contribution in [0.4, 0.5) is 0 Å². The van der Waals surface area contributed by atoms with Crippen LogP contribution < -0.4 is 5.14 Å². The van der Waals surface area contributed by atoms with Crippen molar-refractivity contribution in [2.24, 2.45) is 5.14 Å². The molecule has 8 heteroatoms. The topological polar surface area (TPSA) is 112 Å². The van der Waals surface area contributed by atoms with Crippen molar-refractivity contribution in [2.45, 2.75) is 49.8 Å². The number of sulfonamides is 1. The molecule has 1 aliphatic carbocycles. The van der Waals surface area contributed by atoms with Crippen molar-refractivity contribution in [3.63, 3.8) is 0 Å². The summed E-state index contributed by atoms with van der Waals surface area (Å²) in [6.45, 7) is 1.76. The summed E-state index contributed by atoms with van der Waals surface area (Å²) in [5.41, 5.74) is 1.12. The Balaban J connectivity index is 1.96. The van der Waals surface area contributed by atoms with Crippen LogP contribution in [0.5, 0.6) is 0 Å². The Labute approximate surface area is 129 Å². The molecule has 1 fully saturated rings. The van der Waals surface area contributed by atoms with Gasteiger partial charge in [0.2, 0.25) is 10.0 Å². The van der Waals surface area contributed by atoms with Crippen LogP contribution in [0.25, 0.3) is 11.5 Å². The average Bonchev–Trinajstić information content (AvgIpc) is 2.97. The van der Waals surface area contributed by atoms with E-state index in [4.69, 9.17) is 9.66 Å². The number of nitrogens with two attached hydrogens (primary N) is 1. The lowest BCUT2D eigenvalue weighted by atomic mass is 9.89. The second kappa shape index (κ2) is 5.77. The van der Waals surface area contributed by atoms with Gasteiger partial charge in [-0.2, -0.15) is 4.98 Å². The van der Waals surface area contributed by atoms with E-state index < -0.39 is 10.0 Å². The van der Waals surface area contributed by atoms with Crippen LogP contribution in [0.3, 0.4) is 0 Å². The highest BCUT2D eigenvalue weighted by Gasteiger charge is 2.22. The SMILES string of the molecule is Cc1ncc(S(N)(=O)=O)cc1-c1nc(C2CCCCC2)no1. The van der Waals surface area contributed by atoms with E-state index in [1.54, 1.807) is 6.92 Å². The summed E-state index contributed by atoms with van der Waals surface area (Å²) in [4.78, 5) is 8.43. The smallest absolute Gasteiger partial charge is 0.259 e. The Morgan fingerprint density at radius 2 is 2.00 bits per heavy atom. The lowest BCUT2D eigenvalue weighted by Gasteiger charge is -2.17. The molecule has 2 aromatic heterocycles. The van der Waals surface area contributed by atoms with E-state index in [9.17, 15) is 8.42 Å². The molecule has 1 saturated carbocycles. The van der Waals surface area contributed by atoms with Crippen LogP contribution in [0.1, 0.15) is 49.5 Å². The van der Waals surface area contributed by atoms with Crippen molar-refractivity contribution in [3.8, 4) is 11.5 Å². The highest BCUT2D eigenvalue weighted by Crippen LogP contribution is 2.32. The normalized spacial score (nSPS) is 16.8. The molecule has 0 saturated heterocycles. The summed E-state index contributed by atoms with van der Waals surface area (Å²) < 4.78 is 28.2. The summed E-state index contributed by atoms with van der Waals surface area (Å²) in [5, 5.41) is 9.20. The molecule has 0 radical (unpaired) electrons. The van der Waals surface area contributed by atoms with E-state index in [0.717, 1.165) is 12.8 Å². The van der Waals surface area contributed by atoms with Crippen LogP contribution in [-0.4, -0.2) is 23.5 Å². The highest BCUT2D eigenvalue weighted by molar-refractivity contribution is 7.89. The molecule has 0 unspecified atom stereocenters. The van der Waals surface area contributed by atoms with Gasteiger partial charge in [-0.1, -0.05) is 24.4 Å². The van der Waals surface area contributed by atoms with Crippen molar-refractivity contribution in [2.75, 3.05) is 0 Å². The lowest BCUT2D eigenvalue weighted by molar-refractivity contribution is 0.385. The minimum absolute atomic E-state index is 0.0643. The van der Waals surface area contributed by atoms with Gasteiger partial charge < -0.3 is 4.52 Å². The predicted octanol–water partition coefficient (Wildman–Crippen LogP) is 2.14. The van der Waals surface area contributed by atoms with Crippen molar-refractivity contribution >= 4 is 10.0 Å². The summed E-state index contributed by atoms with van der Waals surface area (Å²) >= 11 is 0. The molecule has 0 aromatic carbocycles. The van der Waals surface area contributed by atoms with Crippen molar-refractivity contribution in [3.05, 3.63) is 23.8 Å². The fraction of sp³-hybridized carbons (Fsp3) is 0.500. The zero-order valence-corrected chi connectivity index (χ0v) is 13.1. The lowest BCUT2D eigenvalue weighted by Crippen LogP contribution is -2.13. The Morgan fingerprint density at radius 3 is 2.68 bits per heavy atom. The van der Waals surface area contributed by atoms with Gasteiger partial charge in [0, 0.05) is 12.1 Å². The van der Waals surface area contributed by atoms with Gasteiger partial charge in [-0.25, -0.2) is 13.6 Å². The molecule has 2 aromatic rings. The number of primary sulfonamides is 1. The molecule has 22 heavy (non-hydrogen) atoms. The molecule has 2 heterocycles. The number of pyridine rings is 1. The Kier molecular flexibility index (Phi) is 3.96. The van der Waals surface area contributed by atoms with Crippen molar-refractivity contribution in [1.82, 2.24) is 15.1 Å². The minimum atomic E-state index is -3.82. The maximum absolute atomic E-state index is 11.5. The van der Waals surface area contributed by atoms with E-state index in [0.29, 0.717) is 23.0 Å². The second-order valence-electron chi connectivity index (χ2n) is 5.64. The van der Waals surface area contributed by atoms with E-state index in [2.05, 4.69) is 15.1 Å². The van der Waals surface area contributed by atoms with Crippen LogP contribution in [0.2, 0.25) is 0 Å². The third-order valence-corrected chi connectivity index (χ3v) is 4.91. The summed E-state index contributed by atoms with van der Waals surface area (Å²) in [7, 11) is -3.82. The molecule has 0 spiro atoms. The van der Waals surface area contributed by atoms with Gasteiger partial charge in [0.05, 0.1) is 11.3 Å². The maximum Gasteiger partial charge on any atom is 0.259 e. The van der Waals surface area contributed by atoms with Gasteiger partial charge >= 0.3 is 0 Å². The zero-order chi connectivity index (χ0) is 15.7. The van der Waals surface area contributed by atoms with Gasteiger partial charge in [-0.05, 0) is 25.8 Å². The van der Waals surface area contributed by atoms with Crippen LogP contribution >= 0.6 is 0 Å². The zero-order valence-electron chi connectivity index (χ0n) is 12.3. The molecule has 0 bridgehead atoms. The van der Waals surface area contributed by atoms with Crippen LogP contribution in [-0.2, 0) is 10.0 Å². The van der Waals surface area contributed by atoms with E-state index >= 15 is 0 Å². The quantitative estimate of drug-likeness (QED) is 0.926. The first kappa shape index (κ1) is 15.1. The molecular formula is C14H18N4O3S. The van der Waals surface area contributed by atoms with Crippen molar-refractivity contribution in [1.29, 1.82) is 0 Å². The molecule has 2 N–H and O–H groups in total.